The Labute approximate surface area is 169 Å². The SMILES string of the molecule is CC(C)c1ccc(-c2noc(CCC(=O)NC3CCN(CC(F)F)CC3)n2)cc1. The highest BCUT2D eigenvalue weighted by molar-refractivity contribution is 5.76. The van der Waals surface area contributed by atoms with Crippen LogP contribution in [0, 0.1) is 0 Å². The first-order chi connectivity index (χ1) is 13.9. The highest BCUT2D eigenvalue weighted by Crippen LogP contribution is 2.21. The van der Waals surface area contributed by atoms with Crippen LogP contribution in [-0.4, -0.2) is 53.0 Å². The third-order valence-electron chi connectivity index (χ3n) is 5.22. The number of benzene rings is 1. The van der Waals surface area contributed by atoms with Crippen LogP contribution < -0.4 is 5.32 Å². The Morgan fingerprint density at radius 1 is 1.24 bits per heavy atom. The summed E-state index contributed by atoms with van der Waals surface area (Å²) < 4.78 is 30.1. The molecule has 0 spiro atoms. The summed E-state index contributed by atoms with van der Waals surface area (Å²) >= 11 is 0. The predicted octanol–water partition coefficient (Wildman–Crippen LogP) is 3.64. The summed E-state index contributed by atoms with van der Waals surface area (Å²) in [6.45, 7) is 5.24. The van der Waals surface area contributed by atoms with E-state index >= 15 is 0 Å². The van der Waals surface area contributed by atoms with Crippen LogP contribution in [0.1, 0.15) is 50.5 Å². The molecule has 3 rings (SSSR count). The van der Waals surface area contributed by atoms with Crippen LogP contribution in [0.25, 0.3) is 11.4 Å². The lowest BCUT2D eigenvalue weighted by atomic mass is 10.0. The van der Waals surface area contributed by atoms with Crippen LogP contribution in [0.2, 0.25) is 0 Å². The van der Waals surface area contributed by atoms with Gasteiger partial charge in [0.25, 0.3) is 6.43 Å². The summed E-state index contributed by atoms with van der Waals surface area (Å²) in [4.78, 5) is 18.3. The van der Waals surface area contributed by atoms with Crippen molar-refractivity contribution in [2.75, 3.05) is 19.6 Å². The summed E-state index contributed by atoms with van der Waals surface area (Å²) in [6, 6.07) is 8.08. The maximum atomic E-state index is 12.4. The molecule has 1 aliphatic rings. The maximum absolute atomic E-state index is 12.4. The monoisotopic (exact) mass is 406 g/mol. The highest BCUT2D eigenvalue weighted by Gasteiger charge is 2.22. The zero-order valence-corrected chi connectivity index (χ0v) is 16.9. The molecule has 6 nitrogen and oxygen atoms in total. The summed E-state index contributed by atoms with van der Waals surface area (Å²) in [7, 11) is 0. The molecule has 0 bridgehead atoms. The lowest BCUT2D eigenvalue weighted by molar-refractivity contribution is -0.122. The van der Waals surface area contributed by atoms with Gasteiger partial charge in [0, 0.05) is 37.5 Å². The fraction of sp³-hybridized carbons (Fsp3) is 0.571. The number of nitrogens with zero attached hydrogens (tertiary/aromatic N) is 3. The van der Waals surface area contributed by atoms with E-state index in [9.17, 15) is 13.6 Å². The topological polar surface area (TPSA) is 71.3 Å². The number of alkyl halides is 2. The molecule has 29 heavy (non-hydrogen) atoms. The van der Waals surface area contributed by atoms with Crippen molar-refractivity contribution in [2.24, 2.45) is 0 Å². The number of aryl methyl sites for hydroxylation is 1. The number of carbonyl (C=O) groups excluding carboxylic acids is 1. The summed E-state index contributed by atoms with van der Waals surface area (Å²) in [5, 5.41) is 6.98. The van der Waals surface area contributed by atoms with Gasteiger partial charge in [0.05, 0.1) is 6.54 Å². The lowest BCUT2D eigenvalue weighted by Crippen LogP contribution is -2.45. The van der Waals surface area contributed by atoms with Crippen LogP contribution >= 0.6 is 0 Å². The van der Waals surface area contributed by atoms with Gasteiger partial charge in [-0.05, 0) is 24.3 Å². The average Bonchev–Trinajstić information content (AvgIpc) is 3.17. The smallest absolute Gasteiger partial charge is 0.251 e. The Bertz CT molecular complexity index is 784. The molecule has 1 aliphatic heterocycles. The van der Waals surface area contributed by atoms with E-state index in [-0.39, 0.29) is 24.9 Å². The van der Waals surface area contributed by atoms with Gasteiger partial charge in [-0.25, -0.2) is 8.78 Å². The zero-order chi connectivity index (χ0) is 20.8. The molecule has 0 radical (unpaired) electrons. The van der Waals surface area contributed by atoms with Gasteiger partial charge in [-0.3, -0.25) is 9.69 Å². The first kappa shape index (κ1) is 21.4. The van der Waals surface area contributed by atoms with E-state index in [1.807, 2.05) is 12.1 Å². The molecule has 0 aliphatic carbocycles. The van der Waals surface area contributed by atoms with E-state index < -0.39 is 6.43 Å². The van der Waals surface area contributed by atoms with Gasteiger partial charge in [0.15, 0.2) is 0 Å². The second-order valence-corrected chi connectivity index (χ2v) is 7.82. The van der Waals surface area contributed by atoms with Crippen molar-refractivity contribution >= 4 is 5.91 Å². The zero-order valence-electron chi connectivity index (χ0n) is 16.9. The maximum Gasteiger partial charge on any atom is 0.251 e. The Kier molecular flexibility index (Phi) is 7.30. The summed E-state index contributed by atoms with van der Waals surface area (Å²) in [5.41, 5.74) is 2.12. The molecule has 1 fully saturated rings. The quantitative estimate of drug-likeness (QED) is 0.725. The number of hydrogen-bond acceptors (Lipinski definition) is 5. The molecular formula is C21H28F2N4O2. The fourth-order valence-electron chi connectivity index (χ4n) is 3.47. The van der Waals surface area contributed by atoms with Crippen LogP contribution in [0.15, 0.2) is 28.8 Å². The van der Waals surface area contributed by atoms with Gasteiger partial charge in [-0.15, -0.1) is 0 Å². The van der Waals surface area contributed by atoms with Crippen molar-refractivity contribution in [1.82, 2.24) is 20.4 Å². The third-order valence-corrected chi connectivity index (χ3v) is 5.22. The van der Waals surface area contributed by atoms with E-state index in [0.29, 0.717) is 50.0 Å². The minimum absolute atomic E-state index is 0.0362. The van der Waals surface area contributed by atoms with Crippen LogP contribution in [0.4, 0.5) is 8.78 Å². The van der Waals surface area contributed by atoms with E-state index in [1.165, 1.54) is 5.56 Å². The predicted molar refractivity (Wildman–Crippen MR) is 106 cm³/mol. The van der Waals surface area contributed by atoms with E-state index in [4.69, 9.17) is 4.52 Å². The van der Waals surface area contributed by atoms with Crippen molar-refractivity contribution in [2.45, 2.75) is 57.9 Å². The first-order valence-corrected chi connectivity index (χ1v) is 10.1. The van der Waals surface area contributed by atoms with Crippen LogP contribution in [-0.2, 0) is 11.2 Å². The summed E-state index contributed by atoms with van der Waals surface area (Å²) in [6.07, 6.45) is -0.308. The van der Waals surface area contributed by atoms with Gasteiger partial charge in [-0.1, -0.05) is 43.3 Å². The largest absolute Gasteiger partial charge is 0.353 e. The number of halogens is 2. The minimum Gasteiger partial charge on any atom is -0.353 e. The number of piperidine rings is 1. The van der Waals surface area contributed by atoms with Gasteiger partial charge in [0.1, 0.15) is 0 Å². The van der Waals surface area contributed by atoms with E-state index in [0.717, 1.165) is 5.56 Å². The molecule has 1 saturated heterocycles. The average molecular weight is 406 g/mol. The Balaban J connectivity index is 1.43. The number of rotatable bonds is 8. The van der Waals surface area contributed by atoms with Crippen molar-refractivity contribution in [3.8, 4) is 11.4 Å². The lowest BCUT2D eigenvalue weighted by Gasteiger charge is -2.32. The molecule has 1 amide bonds. The molecule has 1 aromatic heterocycles. The number of amides is 1. The molecule has 0 atom stereocenters. The first-order valence-electron chi connectivity index (χ1n) is 10.1. The second kappa shape index (κ2) is 9.91. The number of hydrogen-bond donors (Lipinski definition) is 1. The Morgan fingerprint density at radius 3 is 2.55 bits per heavy atom. The molecule has 0 unspecified atom stereocenters. The van der Waals surface area contributed by atoms with Crippen molar-refractivity contribution in [3.05, 3.63) is 35.7 Å². The number of aromatic nitrogens is 2. The second-order valence-electron chi connectivity index (χ2n) is 7.82. The van der Waals surface area contributed by atoms with Crippen molar-refractivity contribution in [3.63, 3.8) is 0 Å². The molecule has 0 saturated carbocycles. The fourth-order valence-corrected chi connectivity index (χ4v) is 3.47. The van der Waals surface area contributed by atoms with Crippen LogP contribution in [0.5, 0.6) is 0 Å². The van der Waals surface area contributed by atoms with Gasteiger partial charge < -0.3 is 9.84 Å². The highest BCUT2D eigenvalue weighted by atomic mass is 19.3. The van der Waals surface area contributed by atoms with Crippen molar-refractivity contribution in [1.29, 1.82) is 0 Å². The molecule has 2 heterocycles. The number of nitrogens with one attached hydrogen (secondary N) is 1. The van der Waals surface area contributed by atoms with Crippen molar-refractivity contribution < 1.29 is 18.1 Å². The third kappa shape index (κ3) is 6.32. The number of carbonyl (C=O) groups is 1. The molecule has 158 valence electrons. The Hall–Kier alpha value is -2.35. The Morgan fingerprint density at radius 2 is 1.93 bits per heavy atom. The molecular weight excluding hydrogens is 378 g/mol. The molecule has 8 heteroatoms. The minimum atomic E-state index is -2.31. The molecule has 2 aromatic rings. The normalized spacial score (nSPS) is 15.9. The molecule has 1 aromatic carbocycles. The van der Waals surface area contributed by atoms with Crippen LogP contribution in [0.3, 0.4) is 0 Å². The van der Waals surface area contributed by atoms with E-state index in [1.54, 1.807) is 4.90 Å². The van der Waals surface area contributed by atoms with Gasteiger partial charge >= 0.3 is 0 Å². The van der Waals surface area contributed by atoms with Gasteiger partial charge in [-0.2, -0.15) is 4.98 Å². The summed E-state index contributed by atoms with van der Waals surface area (Å²) in [5.74, 6) is 1.32. The van der Waals surface area contributed by atoms with E-state index in [2.05, 4.69) is 41.4 Å². The number of likely N-dealkylation sites (tertiary alicyclic amines) is 1. The standard InChI is InChI=1S/C21H28F2N4O2/c1-14(2)15-3-5-16(6-4-15)21-25-20(29-26-21)8-7-19(28)24-17-9-11-27(12-10-17)13-18(22)23/h3-6,14,17-18H,7-13H2,1-2H3,(H,24,28). The van der Waals surface area contributed by atoms with Gasteiger partial charge in [0.2, 0.25) is 17.6 Å². The molecule has 1 N–H and O–H groups in total.